The second-order valence-corrected chi connectivity index (χ2v) is 15.2. The lowest BCUT2D eigenvalue weighted by Crippen LogP contribution is -1.95. The Balaban J connectivity index is 1.11. The highest BCUT2D eigenvalue weighted by molar-refractivity contribution is 7.26. The first-order valence-corrected chi connectivity index (χ1v) is 19.0. The molecule has 3 aromatic heterocycles. The number of nitrogens with zero attached hydrogens (tertiary/aromatic N) is 2. The Hall–Kier alpha value is -6.68. The van der Waals surface area contributed by atoms with Gasteiger partial charge < -0.3 is 9.13 Å². The van der Waals surface area contributed by atoms with Crippen molar-refractivity contribution in [2.24, 2.45) is 0 Å². The fourth-order valence-electron chi connectivity index (χ4n) is 8.86. The van der Waals surface area contributed by atoms with Crippen molar-refractivity contribution >= 4 is 96.7 Å². The molecule has 0 amide bonds. The molecule has 0 aliphatic rings. The Morgan fingerprint density at radius 2 is 0.962 bits per heavy atom. The van der Waals surface area contributed by atoms with Gasteiger partial charge in [0.25, 0.3) is 0 Å². The minimum atomic E-state index is 1.18. The van der Waals surface area contributed by atoms with Crippen LogP contribution in [0.15, 0.2) is 182 Å². The Morgan fingerprint density at radius 3 is 1.81 bits per heavy atom. The zero-order chi connectivity index (χ0) is 34.6. The number of hydrogen-bond donors (Lipinski definition) is 0. The molecule has 0 radical (unpaired) electrons. The summed E-state index contributed by atoms with van der Waals surface area (Å²) in [7, 11) is 0. The second-order valence-electron chi connectivity index (χ2n) is 14.1. The normalized spacial score (nSPS) is 12.2. The molecule has 0 N–H and O–H groups in total. The van der Waals surface area contributed by atoms with E-state index in [0.29, 0.717) is 0 Å². The summed E-state index contributed by atoms with van der Waals surface area (Å²) in [6.07, 6.45) is 0. The number of rotatable bonds is 3. The predicted molar refractivity (Wildman–Crippen MR) is 228 cm³/mol. The summed E-state index contributed by atoms with van der Waals surface area (Å²) in [5.74, 6) is 0. The SMILES string of the molecule is c1ccc2cc(-n3c4ccc(-c5ccc6c(c5)c5ccccc5n6-c5cccc6ccccc56)cc4c4ccc5c6ccccc6sc5c43)ccc2c1. The number of thiophene rings is 1. The summed E-state index contributed by atoms with van der Waals surface area (Å²) in [4.78, 5) is 0. The monoisotopic (exact) mass is 690 g/mol. The van der Waals surface area contributed by atoms with E-state index in [1.807, 2.05) is 11.3 Å². The highest BCUT2D eigenvalue weighted by atomic mass is 32.1. The van der Waals surface area contributed by atoms with Crippen LogP contribution in [0.2, 0.25) is 0 Å². The average molecular weight is 691 g/mol. The van der Waals surface area contributed by atoms with Crippen LogP contribution >= 0.6 is 11.3 Å². The molecule has 3 heteroatoms. The lowest BCUT2D eigenvalue weighted by Gasteiger charge is -2.12. The third-order valence-corrected chi connectivity index (χ3v) is 12.5. The number of benzene rings is 9. The van der Waals surface area contributed by atoms with Crippen LogP contribution in [0.25, 0.3) is 108 Å². The van der Waals surface area contributed by atoms with Crippen LogP contribution in [0.5, 0.6) is 0 Å². The quantitative estimate of drug-likeness (QED) is 0.175. The molecule has 0 unspecified atom stereocenters. The molecular formula is C50H30N2S. The van der Waals surface area contributed by atoms with Gasteiger partial charge in [0.2, 0.25) is 0 Å². The number of aromatic nitrogens is 2. The van der Waals surface area contributed by atoms with E-state index in [2.05, 4.69) is 191 Å². The van der Waals surface area contributed by atoms with E-state index in [1.54, 1.807) is 0 Å². The van der Waals surface area contributed by atoms with Crippen molar-refractivity contribution in [2.45, 2.75) is 0 Å². The molecule has 9 aromatic carbocycles. The lowest BCUT2D eigenvalue weighted by molar-refractivity contribution is 1.19. The van der Waals surface area contributed by atoms with Gasteiger partial charge >= 0.3 is 0 Å². The highest BCUT2D eigenvalue weighted by Gasteiger charge is 2.20. The average Bonchev–Trinajstić information content (AvgIpc) is 3.88. The topological polar surface area (TPSA) is 9.86 Å². The molecule has 12 aromatic rings. The van der Waals surface area contributed by atoms with Gasteiger partial charge in [0.1, 0.15) is 0 Å². The molecular weight excluding hydrogens is 661 g/mol. The maximum Gasteiger partial charge on any atom is 0.0719 e. The Kier molecular flexibility index (Phi) is 5.96. The lowest BCUT2D eigenvalue weighted by atomic mass is 10.0. The van der Waals surface area contributed by atoms with Gasteiger partial charge in [0.05, 0.1) is 32.5 Å². The predicted octanol–water partition coefficient (Wildman–Crippen LogP) is 14.2. The first-order chi connectivity index (χ1) is 26.3. The maximum atomic E-state index is 2.50. The molecule has 0 atom stereocenters. The fourth-order valence-corrected chi connectivity index (χ4v) is 10.1. The second kappa shape index (κ2) is 10.9. The van der Waals surface area contributed by atoms with Gasteiger partial charge in [-0.25, -0.2) is 0 Å². The molecule has 2 nitrogen and oxygen atoms in total. The number of fused-ring (bicyclic) bond motifs is 12. The van der Waals surface area contributed by atoms with Crippen LogP contribution < -0.4 is 0 Å². The summed E-state index contributed by atoms with van der Waals surface area (Å²) in [5.41, 5.74) is 9.76. The van der Waals surface area contributed by atoms with Crippen LogP contribution in [0, 0.1) is 0 Å². The number of hydrogen-bond acceptors (Lipinski definition) is 1. The van der Waals surface area contributed by atoms with Gasteiger partial charge in [-0.15, -0.1) is 11.3 Å². The molecule has 12 rings (SSSR count). The Morgan fingerprint density at radius 1 is 0.340 bits per heavy atom. The van der Waals surface area contributed by atoms with Gasteiger partial charge in [-0.2, -0.15) is 0 Å². The van der Waals surface area contributed by atoms with Crippen molar-refractivity contribution in [3.05, 3.63) is 182 Å². The minimum Gasteiger partial charge on any atom is -0.309 e. The van der Waals surface area contributed by atoms with E-state index in [0.717, 1.165) is 0 Å². The molecule has 246 valence electrons. The van der Waals surface area contributed by atoms with Crippen molar-refractivity contribution in [3.8, 4) is 22.5 Å². The first kappa shape index (κ1) is 29.0. The summed E-state index contributed by atoms with van der Waals surface area (Å²) in [6.45, 7) is 0. The van der Waals surface area contributed by atoms with Crippen LogP contribution in [0.3, 0.4) is 0 Å². The largest absolute Gasteiger partial charge is 0.309 e. The molecule has 3 heterocycles. The van der Waals surface area contributed by atoms with Crippen molar-refractivity contribution in [1.29, 1.82) is 0 Å². The van der Waals surface area contributed by atoms with Gasteiger partial charge in [0, 0.05) is 48.1 Å². The third-order valence-electron chi connectivity index (χ3n) is 11.3. The van der Waals surface area contributed by atoms with E-state index in [4.69, 9.17) is 0 Å². The molecule has 0 saturated heterocycles. The summed E-state index contributed by atoms with van der Waals surface area (Å²) < 4.78 is 7.59. The zero-order valence-corrected chi connectivity index (χ0v) is 29.4. The van der Waals surface area contributed by atoms with Gasteiger partial charge in [-0.05, 0) is 81.9 Å². The summed E-state index contributed by atoms with van der Waals surface area (Å²) in [5, 5.41) is 12.7. The smallest absolute Gasteiger partial charge is 0.0719 e. The third kappa shape index (κ3) is 4.14. The molecule has 0 fully saturated rings. The molecule has 0 aliphatic heterocycles. The standard InChI is InChI=1S/C50H30N2S/c1-2-12-33-28-36(23-20-31(33)10-1)51-46-26-21-35(30-43(46)40-24-25-41-39-16-6-8-19-48(39)53-50(41)49(40)51)34-22-27-47-42(29-34)38-15-5-7-17-45(38)52(47)44-18-9-13-32-11-3-4-14-37(32)44/h1-30H. The van der Waals surface area contributed by atoms with Gasteiger partial charge in [-0.1, -0.05) is 127 Å². The van der Waals surface area contributed by atoms with Crippen molar-refractivity contribution in [2.75, 3.05) is 0 Å². The number of para-hydroxylation sites is 1. The van der Waals surface area contributed by atoms with Crippen molar-refractivity contribution < 1.29 is 0 Å². The van der Waals surface area contributed by atoms with Crippen molar-refractivity contribution in [3.63, 3.8) is 0 Å². The first-order valence-electron chi connectivity index (χ1n) is 18.2. The highest BCUT2D eigenvalue weighted by Crippen LogP contribution is 2.44. The molecule has 0 bridgehead atoms. The Labute approximate surface area is 309 Å². The van der Waals surface area contributed by atoms with E-state index >= 15 is 0 Å². The van der Waals surface area contributed by atoms with Crippen LogP contribution in [0.4, 0.5) is 0 Å². The van der Waals surface area contributed by atoms with Crippen molar-refractivity contribution in [1.82, 2.24) is 9.13 Å². The van der Waals surface area contributed by atoms with Crippen LogP contribution in [-0.4, -0.2) is 9.13 Å². The molecule has 0 saturated carbocycles. The molecule has 0 spiro atoms. The zero-order valence-electron chi connectivity index (χ0n) is 28.6. The van der Waals surface area contributed by atoms with Gasteiger partial charge in [-0.3, -0.25) is 0 Å². The van der Waals surface area contributed by atoms with Gasteiger partial charge in [0.15, 0.2) is 0 Å². The van der Waals surface area contributed by atoms with Crippen LogP contribution in [0.1, 0.15) is 0 Å². The maximum absolute atomic E-state index is 2.50. The summed E-state index contributed by atoms with van der Waals surface area (Å²) in [6, 6.07) is 67.2. The van der Waals surface area contributed by atoms with E-state index in [-0.39, 0.29) is 0 Å². The van der Waals surface area contributed by atoms with E-state index in [9.17, 15) is 0 Å². The fraction of sp³-hybridized carbons (Fsp3) is 0. The minimum absolute atomic E-state index is 1.18. The van der Waals surface area contributed by atoms with E-state index in [1.165, 1.54) is 108 Å². The van der Waals surface area contributed by atoms with E-state index < -0.39 is 0 Å². The van der Waals surface area contributed by atoms with Crippen LogP contribution in [-0.2, 0) is 0 Å². The Bertz CT molecular complexity index is 3460. The molecule has 0 aliphatic carbocycles. The molecule has 53 heavy (non-hydrogen) atoms. The summed E-state index contributed by atoms with van der Waals surface area (Å²) >= 11 is 1.90.